The molecule has 1 N–H and O–H groups in total. The van der Waals surface area contributed by atoms with Gasteiger partial charge in [-0.1, -0.05) is 30.4 Å². The number of nitrogens with zero attached hydrogens (tertiary/aromatic N) is 1. The van der Waals surface area contributed by atoms with Gasteiger partial charge < -0.3 is 10.0 Å². The van der Waals surface area contributed by atoms with Crippen molar-refractivity contribution in [3.63, 3.8) is 0 Å². The van der Waals surface area contributed by atoms with Gasteiger partial charge in [-0.25, -0.2) is 4.79 Å². The van der Waals surface area contributed by atoms with Crippen molar-refractivity contribution in [1.82, 2.24) is 4.90 Å². The molecule has 2 aliphatic rings. The molecule has 0 saturated carbocycles. The third-order valence-electron chi connectivity index (χ3n) is 5.27. The summed E-state index contributed by atoms with van der Waals surface area (Å²) < 4.78 is 0. The van der Waals surface area contributed by atoms with Crippen LogP contribution >= 0.6 is 0 Å². The normalized spacial score (nSPS) is 21.2. The first-order chi connectivity index (χ1) is 11.6. The average Bonchev–Trinajstić information content (AvgIpc) is 3.09. The molecule has 0 aromatic heterocycles. The van der Waals surface area contributed by atoms with Crippen LogP contribution in [0.5, 0.6) is 0 Å². The summed E-state index contributed by atoms with van der Waals surface area (Å²) in [6, 6.07) is 7.25. The van der Waals surface area contributed by atoms with Crippen LogP contribution in [0.25, 0.3) is 0 Å². The van der Waals surface area contributed by atoms with Crippen LogP contribution in [0.2, 0.25) is 0 Å². The van der Waals surface area contributed by atoms with Gasteiger partial charge in [0.2, 0.25) is 5.91 Å². The first-order valence-corrected chi connectivity index (χ1v) is 8.89. The van der Waals surface area contributed by atoms with E-state index in [-0.39, 0.29) is 5.91 Å². The lowest BCUT2D eigenvalue weighted by molar-refractivity contribution is -0.133. The molecule has 3 rings (SSSR count). The number of carboxylic acid groups (broad SMARTS) is 1. The molecule has 0 bridgehead atoms. The second-order valence-electron chi connectivity index (χ2n) is 6.96. The number of carboxylic acids is 1. The molecule has 0 spiro atoms. The van der Waals surface area contributed by atoms with E-state index in [1.807, 2.05) is 17.0 Å². The zero-order valence-electron chi connectivity index (χ0n) is 14.0. The van der Waals surface area contributed by atoms with E-state index in [0.29, 0.717) is 23.8 Å². The Morgan fingerprint density at radius 1 is 1.12 bits per heavy atom. The summed E-state index contributed by atoms with van der Waals surface area (Å²) >= 11 is 0. The highest BCUT2D eigenvalue weighted by Gasteiger charge is 2.25. The Hall–Kier alpha value is -2.10. The van der Waals surface area contributed by atoms with Crippen LogP contribution in [0.15, 0.2) is 36.4 Å². The topological polar surface area (TPSA) is 57.6 Å². The van der Waals surface area contributed by atoms with Crippen LogP contribution in [-0.4, -0.2) is 35.0 Å². The maximum Gasteiger partial charge on any atom is 0.335 e. The van der Waals surface area contributed by atoms with Gasteiger partial charge in [0.25, 0.3) is 0 Å². The van der Waals surface area contributed by atoms with Crippen LogP contribution in [-0.2, 0) is 11.2 Å². The molecular formula is C20H25NO3. The maximum absolute atomic E-state index is 12.4. The Morgan fingerprint density at radius 2 is 1.88 bits per heavy atom. The Balaban J connectivity index is 1.51. The number of allylic oxidation sites excluding steroid dienone is 2. The van der Waals surface area contributed by atoms with Crippen LogP contribution in [0.1, 0.15) is 48.0 Å². The standard InChI is InChI=1S/C20H25NO3/c22-19(14-15-5-1-2-6-15)21-11-9-16(10-12-21)13-17-7-3-4-8-18(17)20(23)24/h1,3-5,7-8,15-16H,2,6,9-14H2,(H,23,24). The minimum atomic E-state index is -0.858. The fourth-order valence-electron chi connectivity index (χ4n) is 3.82. The second-order valence-corrected chi connectivity index (χ2v) is 6.96. The van der Waals surface area contributed by atoms with Gasteiger partial charge in [-0.3, -0.25) is 4.79 Å². The van der Waals surface area contributed by atoms with Gasteiger partial charge in [0, 0.05) is 19.5 Å². The molecule has 24 heavy (non-hydrogen) atoms. The number of aromatic carboxylic acids is 1. The van der Waals surface area contributed by atoms with Gasteiger partial charge in [-0.2, -0.15) is 0 Å². The summed E-state index contributed by atoms with van der Waals surface area (Å²) in [5.41, 5.74) is 1.31. The summed E-state index contributed by atoms with van der Waals surface area (Å²) in [5, 5.41) is 9.29. The molecule has 1 heterocycles. The smallest absolute Gasteiger partial charge is 0.335 e. The Kier molecular flexibility index (Phi) is 5.34. The fourth-order valence-corrected chi connectivity index (χ4v) is 3.82. The summed E-state index contributed by atoms with van der Waals surface area (Å²) in [6.45, 7) is 1.60. The quantitative estimate of drug-likeness (QED) is 0.842. The van der Waals surface area contributed by atoms with E-state index in [2.05, 4.69) is 12.2 Å². The predicted molar refractivity (Wildman–Crippen MR) is 92.9 cm³/mol. The highest BCUT2D eigenvalue weighted by molar-refractivity contribution is 5.89. The van der Waals surface area contributed by atoms with Crippen molar-refractivity contribution < 1.29 is 14.7 Å². The molecule has 1 saturated heterocycles. The summed E-state index contributed by atoms with van der Waals surface area (Å²) in [5.74, 6) is 0.303. The SMILES string of the molecule is O=C(O)c1ccccc1CC1CCN(C(=O)CC2C=CCC2)CC1. The molecule has 1 atom stereocenters. The number of benzene rings is 1. The second kappa shape index (κ2) is 7.65. The van der Waals surface area contributed by atoms with Gasteiger partial charge in [-0.05, 0) is 55.6 Å². The number of likely N-dealkylation sites (tertiary alicyclic amines) is 1. The van der Waals surface area contributed by atoms with Crippen LogP contribution in [0.4, 0.5) is 0 Å². The number of rotatable bonds is 5. The summed E-state index contributed by atoms with van der Waals surface area (Å²) in [4.78, 5) is 25.7. The van der Waals surface area contributed by atoms with E-state index in [0.717, 1.165) is 50.8 Å². The van der Waals surface area contributed by atoms with Gasteiger partial charge in [0.05, 0.1) is 5.56 Å². The third kappa shape index (κ3) is 4.05. The zero-order valence-corrected chi connectivity index (χ0v) is 14.0. The first-order valence-electron chi connectivity index (χ1n) is 8.89. The molecule has 0 radical (unpaired) electrons. The lowest BCUT2D eigenvalue weighted by Crippen LogP contribution is -2.39. The first kappa shape index (κ1) is 16.7. The molecule has 1 aromatic carbocycles. The van der Waals surface area contributed by atoms with Crippen molar-refractivity contribution in [3.05, 3.63) is 47.5 Å². The van der Waals surface area contributed by atoms with Crippen LogP contribution in [0.3, 0.4) is 0 Å². The van der Waals surface area contributed by atoms with Crippen molar-refractivity contribution in [2.24, 2.45) is 11.8 Å². The number of piperidine rings is 1. The molecule has 4 heteroatoms. The Morgan fingerprint density at radius 3 is 2.54 bits per heavy atom. The van der Waals surface area contributed by atoms with Gasteiger partial charge in [0.15, 0.2) is 0 Å². The highest BCUT2D eigenvalue weighted by Crippen LogP contribution is 2.26. The predicted octanol–water partition coefficient (Wildman–Crippen LogP) is 3.52. The van der Waals surface area contributed by atoms with Crippen molar-refractivity contribution >= 4 is 11.9 Å². The molecule has 1 aromatic rings. The van der Waals surface area contributed by atoms with Crippen molar-refractivity contribution in [1.29, 1.82) is 0 Å². The molecule has 1 aliphatic heterocycles. The lowest BCUT2D eigenvalue weighted by Gasteiger charge is -2.33. The molecule has 1 unspecified atom stereocenters. The van der Waals surface area contributed by atoms with Crippen LogP contribution < -0.4 is 0 Å². The lowest BCUT2D eigenvalue weighted by atomic mass is 9.88. The molecule has 128 valence electrons. The average molecular weight is 327 g/mol. The molecular weight excluding hydrogens is 302 g/mol. The van der Waals surface area contributed by atoms with E-state index >= 15 is 0 Å². The summed E-state index contributed by atoms with van der Waals surface area (Å²) in [7, 11) is 0. The molecule has 4 nitrogen and oxygen atoms in total. The zero-order chi connectivity index (χ0) is 16.9. The molecule has 1 aliphatic carbocycles. The van der Waals surface area contributed by atoms with E-state index in [1.165, 1.54) is 0 Å². The Labute approximate surface area is 143 Å². The monoisotopic (exact) mass is 327 g/mol. The minimum Gasteiger partial charge on any atom is -0.478 e. The van der Waals surface area contributed by atoms with E-state index < -0.39 is 5.97 Å². The summed E-state index contributed by atoms with van der Waals surface area (Å²) in [6.07, 6.45) is 9.90. The minimum absolute atomic E-state index is 0.274. The van der Waals surface area contributed by atoms with Gasteiger partial charge >= 0.3 is 5.97 Å². The van der Waals surface area contributed by atoms with Gasteiger partial charge in [0.1, 0.15) is 0 Å². The number of amides is 1. The van der Waals surface area contributed by atoms with Gasteiger partial charge in [-0.15, -0.1) is 0 Å². The largest absolute Gasteiger partial charge is 0.478 e. The number of hydrogen-bond acceptors (Lipinski definition) is 2. The Bertz CT molecular complexity index is 630. The fraction of sp³-hybridized carbons (Fsp3) is 0.500. The number of hydrogen-bond donors (Lipinski definition) is 1. The van der Waals surface area contributed by atoms with Crippen LogP contribution in [0, 0.1) is 11.8 Å². The van der Waals surface area contributed by atoms with E-state index in [9.17, 15) is 14.7 Å². The van der Waals surface area contributed by atoms with E-state index in [4.69, 9.17) is 0 Å². The third-order valence-corrected chi connectivity index (χ3v) is 5.27. The maximum atomic E-state index is 12.4. The highest BCUT2D eigenvalue weighted by atomic mass is 16.4. The molecule has 1 amide bonds. The van der Waals surface area contributed by atoms with Crippen molar-refractivity contribution in [2.75, 3.05) is 13.1 Å². The van der Waals surface area contributed by atoms with Crippen molar-refractivity contribution in [3.8, 4) is 0 Å². The molecule has 1 fully saturated rings. The number of carbonyl (C=O) groups is 2. The number of carbonyl (C=O) groups excluding carboxylic acids is 1. The van der Waals surface area contributed by atoms with Crippen molar-refractivity contribution in [2.45, 2.75) is 38.5 Å². The van der Waals surface area contributed by atoms with E-state index in [1.54, 1.807) is 12.1 Å².